The number of carbonyl (C=O) groups excluding carboxylic acids is 1. The number of hydrogen-bond acceptors (Lipinski definition) is 5. The molecule has 0 aliphatic heterocycles. The number of amides is 1. The van der Waals surface area contributed by atoms with Gasteiger partial charge >= 0.3 is 0 Å². The largest absolute Gasteiger partial charge is 0.490 e. The molecular formula is C25H24BrClN2O4. The molecule has 0 saturated heterocycles. The second-order valence-corrected chi connectivity index (χ2v) is 8.11. The first-order chi connectivity index (χ1) is 16.0. The highest BCUT2D eigenvalue weighted by molar-refractivity contribution is 9.10. The molecule has 3 aromatic rings. The van der Waals surface area contributed by atoms with Crippen LogP contribution in [0.1, 0.15) is 35.3 Å². The van der Waals surface area contributed by atoms with Crippen molar-refractivity contribution in [3.63, 3.8) is 0 Å². The summed E-state index contributed by atoms with van der Waals surface area (Å²) < 4.78 is 17.9. The third-order valence-corrected chi connectivity index (χ3v) is 5.35. The maximum Gasteiger partial charge on any atom is 0.271 e. The third-order valence-electron chi connectivity index (χ3n) is 4.49. The van der Waals surface area contributed by atoms with Gasteiger partial charge in [-0.25, -0.2) is 5.43 Å². The van der Waals surface area contributed by atoms with Crippen LogP contribution in [0, 0.1) is 0 Å². The van der Waals surface area contributed by atoms with Crippen molar-refractivity contribution in [2.45, 2.75) is 20.5 Å². The molecule has 0 radical (unpaired) electrons. The SMILES string of the molecule is CCOc1ccc(C(=O)N/N=C/c2cc(Br)ccc2OCc2ccccc2Cl)cc1OCC. The van der Waals surface area contributed by atoms with Crippen molar-refractivity contribution in [2.24, 2.45) is 5.10 Å². The van der Waals surface area contributed by atoms with Crippen molar-refractivity contribution < 1.29 is 19.0 Å². The van der Waals surface area contributed by atoms with E-state index >= 15 is 0 Å². The van der Waals surface area contributed by atoms with Gasteiger partial charge in [0.2, 0.25) is 0 Å². The number of carbonyl (C=O) groups is 1. The Morgan fingerprint density at radius 1 is 0.970 bits per heavy atom. The fourth-order valence-electron chi connectivity index (χ4n) is 2.94. The van der Waals surface area contributed by atoms with E-state index in [1.807, 2.05) is 56.3 Å². The summed E-state index contributed by atoms with van der Waals surface area (Å²) in [6.07, 6.45) is 1.53. The minimum absolute atomic E-state index is 0.306. The average Bonchev–Trinajstić information content (AvgIpc) is 2.81. The van der Waals surface area contributed by atoms with Gasteiger partial charge in [-0.15, -0.1) is 0 Å². The van der Waals surface area contributed by atoms with Gasteiger partial charge in [0.1, 0.15) is 12.4 Å². The Balaban J connectivity index is 1.70. The van der Waals surface area contributed by atoms with Gasteiger partial charge in [-0.3, -0.25) is 4.79 Å². The zero-order valence-corrected chi connectivity index (χ0v) is 20.7. The predicted octanol–water partition coefficient (Wildman–Crippen LogP) is 6.24. The fraction of sp³-hybridized carbons (Fsp3) is 0.200. The van der Waals surface area contributed by atoms with Gasteiger partial charge < -0.3 is 14.2 Å². The monoisotopic (exact) mass is 530 g/mol. The summed E-state index contributed by atoms with van der Waals surface area (Å²) in [5, 5.41) is 4.74. The molecule has 1 amide bonds. The third kappa shape index (κ3) is 6.97. The highest BCUT2D eigenvalue weighted by atomic mass is 79.9. The van der Waals surface area contributed by atoms with E-state index in [4.69, 9.17) is 25.8 Å². The van der Waals surface area contributed by atoms with E-state index in [1.165, 1.54) is 6.21 Å². The van der Waals surface area contributed by atoms with Crippen molar-refractivity contribution in [3.05, 3.63) is 86.8 Å². The molecule has 6 nitrogen and oxygen atoms in total. The Morgan fingerprint density at radius 3 is 2.45 bits per heavy atom. The van der Waals surface area contributed by atoms with Crippen LogP contribution >= 0.6 is 27.5 Å². The number of ether oxygens (including phenoxy) is 3. The Hall–Kier alpha value is -3.03. The second-order valence-electron chi connectivity index (χ2n) is 6.79. The highest BCUT2D eigenvalue weighted by Gasteiger charge is 2.11. The summed E-state index contributed by atoms with van der Waals surface area (Å²) >= 11 is 9.66. The maximum absolute atomic E-state index is 12.6. The highest BCUT2D eigenvalue weighted by Crippen LogP contribution is 2.28. The number of nitrogens with one attached hydrogen (secondary N) is 1. The molecule has 0 heterocycles. The summed E-state index contributed by atoms with van der Waals surface area (Å²) in [5.74, 6) is 1.34. The Kier molecular flexibility index (Phi) is 9.15. The van der Waals surface area contributed by atoms with Crippen molar-refractivity contribution in [1.29, 1.82) is 0 Å². The Labute approximate surface area is 206 Å². The summed E-state index contributed by atoms with van der Waals surface area (Å²) in [5.41, 5.74) is 4.51. The van der Waals surface area contributed by atoms with Gasteiger partial charge in [0.15, 0.2) is 11.5 Å². The molecule has 0 unspecified atom stereocenters. The van der Waals surface area contributed by atoms with Crippen LogP contribution in [0.2, 0.25) is 5.02 Å². The van der Waals surface area contributed by atoms with Crippen LogP contribution in [-0.4, -0.2) is 25.3 Å². The summed E-state index contributed by atoms with van der Waals surface area (Å²) in [6.45, 7) is 5.03. The van der Waals surface area contributed by atoms with Crippen LogP contribution in [0.5, 0.6) is 17.2 Å². The first kappa shape index (κ1) is 24.6. The molecule has 0 atom stereocenters. The predicted molar refractivity (Wildman–Crippen MR) is 134 cm³/mol. The van der Waals surface area contributed by atoms with Crippen LogP contribution in [0.3, 0.4) is 0 Å². The van der Waals surface area contributed by atoms with Gasteiger partial charge in [0, 0.05) is 26.2 Å². The van der Waals surface area contributed by atoms with E-state index in [0.29, 0.717) is 53.2 Å². The van der Waals surface area contributed by atoms with Gasteiger partial charge in [-0.05, 0) is 56.3 Å². The van der Waals surface area contributed by atoms with Gasteiger partial charge in [-0.2, -0.15) is 5.10 Å². The van der Waals surface area contributed by atoms with Crippen molar-refractivity contribution in [2.75, 3.05) is 13.2 Å². The van der Waals surface area contributed by atoms with E-state index in [0.717, 1.165) is 10.0 Å². The quantitative estimate of drug-likeness (QED) is 0.248. The Bertz CT molecular complexity index is 1140. The zero-order valence-electron chi connectivity index (χ0n) is 18.3. The number of benzene rings is 3. The molecule has 172 valence electrons. The van der Waals surface area contributed by atoms with Crippen LogP contribution in [0.4, 0.5) is 0 Å². The maximum atomic E-state index is 12.6. The minimum Gasteiger partial charge on any atom is -0.490 e. The number of halogens is 2. The van der Waals surface area contributed by atoms with Crippen molar-refractivity contribution in [1.82, 2.24) is 5.43 Å². The van der Waals surface area contributed by atoms with Gasteiger partial charge in [0.25, 0.3) is 5.91 Å². The van der Waals surface area contributed by atoms with Crippen molar-refractivity contribution >= 4 is 39.7 Å². The van der Waals surface area contributed by atoms with E-state index in [9.17, 15) is 4.79 Å². The molecule has 0 aliphatic carbocycles. The van der Waals surface area contributed by atoms with Gasteiger partial charge in [-0.1, -0.05) is 45.7 Å². The average molecular weight is 532 g/mol. The molecule has 3 rings (SSSR count). The molecule has 0 bridgehead atoms. The van der Waals surface area contributed by atoms with Crippen LogP contribution < -0.4 is 19.6 Å². The molecule has 0 aromatic heterocycles. The van der Waals surface area contributed by atoms with Crippen molar-refractivity contribution in [3.8, 4) is 17.2 Å². The first-order valence-corrected chi connectivity index (χ1v) is 11.6. The summed E-state index contributed by atoms with van der Waals surface area (Å²) in [6, 6.07) is 18.0. The molecule has 3 aromatic carbocycles. The molecule has 33 heavy (non-hydrogen) atoms. The molecule has 0 saturated carbocycles. The standard InChI is InChI=1S/C25H24BrClN2O4/c1-3-31-23-11-9-17(14-24(23)32-4-2)25(30)29-28-15-19-13-20(26)10-12-22(19)33-16-18-7-5-6-8-21(18)27/h5-15H,3-4,16H2,1-2H3,(H,29,30)/b28-15+. The molecule has 0 spiro atoms. The van der Waals surface area contributed by atoms with E-state index in [1.54, 1.807) is 18.2 Å². The molecule has 0 aliphatic rings. The lowest BCUT2D eigenvalue weighted by atomic mass is 10.2. The summed E-state index contributed by atoms with van der Waals surface area (Å²) in [7, 11) is 0. The minimum atomic E-state index is -0.371. The lowest BCUT2D eigenvalue weighted by Gasteiger charge is -2.12. The number of hydrogen-bond donors (Lipinski definition) is 1. The number of rotatable bonds is 10. The second kappa shape index (κ2) is 12.3. The molecular weight excluding hydrogens is 508 g/mol. The number of nitrogens with zero attached hydrogens (tertiary/aromatic N) is 1. The smallest absolute Gasteiger partial charge is 0.271 e. The topological polar surface area (TPSA) is 69.2 Å². The Morgan fingerprint density at radius 2 is 1.70 bits per heavy atom. The molecule has 1 N–H and O–H groups in total. The molecule has 0 fully saturated rings. The van der Waals surface area contributed by atoms with E-state index in [-0.39, 0.29) is 5.91 Å². The van der Waals surface area contributed by atoms with Crippen LogP contribution in [-0.2, 0) is 6.61 Å². The zero-order chi connectivity index (χ0) is 23.6. The fourth-order valence-corrected chi connectivity index (χ4v) is 3.51. The van der Waals surface area contributed by atoms with Gasteiger partial charge in [0.05, 0.1) is 19.4 Å². The van der Waals surface area contributed by atoms with Crippen LogP contribution in [0.15, 0.2) is 70.2 Å². The number of hydrazone groups is 1. The summed E-state index contributed by atoms with van der Waals surface area (Å²) in [4.78, 5) is 12.6. The lowest BCUT2D eigenvalue weighted by Crippen LogP contribution is -2.18. The molecule has 8 heteroatoms. The van der Waals surface area contributed by atoms with Crippen LogP contribution in [0.25, 0.3) is 0 Å². The normalized spacial score (nSPS) is 10.8. The first-order valence-electron chi connectivity index (χ1n) is 10.4. The van der Waals surface area contributed by atoms with E-state index < -0.39 is 0 Å². The lowest BCUT2D eigenvalue weighted by molar-refractivity contribution is 0.0954. The van der Waals surface area contributed by atoms with E-state index in [2.05, 4.69) is 26.5 Å².